The van der Waals surface area contributed by atoms with Crippen molar-refractivity contribution < 1.29 is 19.2 Å². The van der Waals surface area contributed by atoms with Gasteiger partial charge in [0.15, 0.2) is 6.61 Å². The fourth-order valence-electron chi connectivity index (χ4n) is 3.05. The lowest BCUT2D eigenvalue weighted by molar-refractivity contribution is -0.384. The Bertz CT molecular complexity index is 1100. The number of non-ortho nitro benzene ring substituents is 1. The summed E-state index contributed by atoms with van der Waals surface area (Å²) in [5.41, 5.74) is 2.46. The Morgan fingerprint density at radius 2 is 2.00 bits per heavy atom. The number of nitrogens with zero attached hydrogens (tertiary/aromatic N) is 3. The van der Waals surface area contributed by atoms with Crippen molar-refractivity contribution >= 4 is 29.2 Å². The minimum absolute atomic E-state index is 0.00808. The van der Waals surface area contributed by atoms with E-state index in [1.165, 1.54) is 12.1 Å². The van der Waals surface area contributed by atoms with Gasteiger partial charge in [-0.15, -0.1) is 0 Å². The lowest BCUT2D eigenvalue weighted by Crippen LogP contribution is -2.22. The molecule has 1 aromatic heterocycles. The van der Waals surface area contributed by atoms with Crippen LogP contribution in [0, 0.1) is 10.1 Å². The molecule has 1 amide bonds. The number of fused-ring (bicyclic) bond motifs is 1. The molecule has 2 aromatic carbocycles. The minimum atomic E-state index is -0.456. The average molecular weight is 426 g/mol. The third-order valence-electron chi connectivity index (χ3n) is 4.53. The number of hydrogen-bond donors (Lipinski definition) is 1. The van der Waals surface area contributed by atoms with Crippen molar-refractivity contribution in [2.75, 3.05) is 19.0 Å². The van der Waals surface area contributed by atoms with Crippen LogP contribution in [0.5, 0.6) is 11.5 Å². The summed E-state index contributed by atoms with van der Waals surface area (Å²) in [4.78, 5) is 23.0. The number of methoxy groups -OCH3 is 1. The van der Waals surface area contributed by atoms with Crippen molar-refractivity contribution in [1.82, 2.24) is 9.78 Å². The van der Waals surface area contributed by atoms with E-state index in [4.69, 9.17) is 9.47 Å². The predicted molar refractivity (Wildman–Crippen MR) is 112 cm³/mol. The highest BCUT2D eigenvalue weighted by Crippen LogP contribution is 2.36. The van der Waals surface area contributed by atoms with Crippen molar-refractivity contribution in [2.24, 2.45) is 0 Å². The third-order valence-corrected chi connectivity index (χ3v) is 5.50. The number of nitro groups is 1. The Morgan fingerprint density at radius 1 is 1.23 bits per heavy atom. The van der Waals surface area contributed by atoms with Crippen LogP contribution < -0.4 is 14.8 Å². The van der Waals surface area contributed by atoms with E-state index < -0.39 is 4.92 Å². The zero-order chi connectivity index (χ0) is 21.1. The van der Waals surface area contributed by atoms with E-state index in [1.807, 2.05) is 0 Å². The standard InChI is InChI=1S/C20H18N4O5S/c1-28-15-3-2-4-16(9-15)29-10-19(25)21-20-17-11-30-12-18(17)22-23(20)13-5-7-14(8-6-13)24(26)27/h2-9H,10-12H2,1H3,(H,21,25). The maximum Gasteiger partial charge on any atom is 0.269 e. The number of aromatic nitrogens is 2. The van der Waals surface area contributed by atoms with Gasteiger partial charge in [-0.05, 0) is 24.3 Å². The summed E-state index contributed by atoms with van der Waals surface area (Å²) in [6, 6.07) is 13.0. The number of carbonyl (C=O) groups is 1. The highest BCUT2D eigenvalue weighted by molar-refractivity contribution is 7.98. The second-order valence-electron chi connectivity index (χ2n) is 6.47. The van der Waals surface area contributed by atoms with Gasteiger partial charge in [-0.25, -0.2) is 4.68 Å². The van der Waals surface area contributed by atoms with Crippen LogP contribution in [0.3, 0.4) is 0 Å². The average Bonchev–Trinajstić information content (AvgIpc) is 3.35. The van der Waals surface area contributed by atoms with Gasteiger partial charge in [0.25, 0.3) is 11.6 Å². The summed E-state index contributed by atoms with van der Waals surface area (Å²) in [5.74, 6) is 2.87. The van der Waals surface area contributed by atoms with E-state index in [9.17, 15) is 14.9 Å². The number of carbonyl (C=O) groups excluding carboxylic acids is 1. The second kappa shape index (κ2) is 8.46. The summed E-state index contributed by atoms with van der Waals surface area (Å²) in [6.07, 6.45) is 0. The molecule has 0 radical (unpaired) electrons. The van der Waals surface area contributed by atoms with E-state index in [1.54, 1.807) is 60.0 Å². The van der Waals surface area contributed by atoms with Gasteiger partial charge in [0, 0.05) is 35.3 Å². The molecule has 30 heavy (non-hydrogen) atoms. The molecule has 0 saturated heterocycles. The Hall–Kier alpha value is -3.53. The van der Waals surface area contributed by atoms with Crippen LogP contribution in [0.1, 0.15) is 11.3 Å². The van der Waals surface area contributed by atoms with Crippen LogP contribution in [0.15, 0.2) is 48.5 Å². The minimum Gasteiger partial charge on any atom is -0.497 e. The number of amides is 1. The Kier molecular flexibility index (Phi) is 5.57. The number of thioether (sulfide) groups is 1. The SMILES string of the molecule is COc1cccc(OCC(=O)Nc2c3c(nn2-c2ccc([N+](=O)[O-])cc2)CSC3)c1. The van der Waals surface area contributed by atoms with Crippen LogP contribution in [0.25, 0.3) is 5.69 Å². The number of hydrogen-bond acceptors (Lipinski definition) is 7. The fraction of sp³-hybridized carbons (Fsp3) is 0.200. The third kappa shape index (κ3) is 4.08. The van der Waals surface area contributed by atoms with Gasteiger partial charge in [0.1, 0.15) is 17.3 Å². The lowest BCUT2D eigenvalue weighted by atomic mass is 10.2. The quantitative estimate of drug-likeness (QED) is 0.454. The monoisotopic (exact) mass is 426 g/mol. The smallest absolute Gasteiger partial charge is 0.269 e. The van der Waals surface area contributed by atoms with Crippen LogP contribution in [-0.2, 0) is 16.3 Å². The molecule has 0 bridgehead atoms. The molecule has 0 fully saturated rings. The number of nitrogens with one attached hydrogen (secondary N) is 1. The number of ether oxygens (including phenoxy) is 2. The first-order valence-corrected chi connectivity index (χ1v) is 10.2. The number of rotatable bonds is 7. The Labute approximate surface area is 176 Å². The van der Waals surface area contributed by atoms with Crippen LogP contribution in [0.4, 0.5) is 11.5 Å². The topological polar surface area (TPSA) is 109 Å². The van der Waals surface area contributed by atoms with Crippen molar-refractivity contribution in [1.29, 1.82) is 0 Å². The van der Waals surface area contributed by atoms with Gasteiger partial charge in [0.2, 0.25) is 0 Å². The van der Waals surface area contributed by atoms with E-state index in [0.717, 1.165) is 22.8 Å². The maximum absolute atomic E-state index is 12.6. The summed E-state index contributed by atoms with van der Waals surface area (Å²) >= 11 is 1.71. The van der Waals surface area contributed by atoms with Gasteiger partial charge in [-0.1, -0.05) is 6.07 Å². The fourth-order valence-corrected chi connectivity index (χ4v) is 4.09. The first kappa shape index (κ1) is 19.8. The molecule has 0 saturated carbocycles. The van der Waals surface area contributed by atoms with E-state index >= 15 is 0 Å². The molecule has 1 aliphatic rings. The molecule has 10 heteroatoms. The molecule has 2 heterocycles. The van der Waals surface area contributed by atoms with E-state index in [-0.39, 0.29) is 18.2 Å². The van der Waals surface area contributed by atoms with Crippen LogP contribution >= 0.6 is 11.8 Å². The van der Waals surface area contributed by atoms with Gasteiger partial charge in [0.05, 0.1) is 23.4 Å². The molecule has 3 aromatic rings. The first-order chi connectivity index (χ1) is 14.5. The molecule has 4 rings (SSSR count). The van der Waals surface area contributed by atoms with Gasteiger partial charge < -0.3 is 14.8 Å². The zero-order valence-corrected chi connectivity index (χ0v) is 16.8. The molecule has 0 aliphatic carbocycles. The van der Waals surface area contributed by atoms with Crippen molar-refractivity contribution in [3.05, 3.63) is 69.9 Å². The second-order valence-corrected chi connectivity index (χ2v) is 7.45. The highest BCUT2D eigenvalue weighted by atomic mass is 32.2. The maximum atomic E-state index is 12.6. The number of nitro benzene ring substituents is 1. The molecule has 0 spiro atoms. The van der Waals surface area contributed by atoms with Crippen molar-refractivity contribution in [3.8, 4) is 17.2 Å². The Morgan fingerprint density at radius 3 is 2.73 bits per heavy atom. The van der Waals surface area contributed by atoms with Gasteiger partial charge in [-0.2, -0.15) is 16.9 Å². The van der Waals surface area contributed by atoms with E-state index in [2.05, 4.69) is 10.4 Å². The van der Waals surface area contributed by atoms with Crippen LogP contribution in [-0.4, -0.2) is 34.3 Å². The number of benzene rings is 2. The summed E-state index contributed by atoms with van der Waals surface area (Å²) < 4.78 is 12.3. The molecular formula is C20H18N4O5S. The predicted octanol–water partition coefficient (Wildman–Crippen LogP) is 3.55. The van der Waals surface area contributed by atoms with Crippen molar-refractivity contribution in [3.63, 3.8) is 0 Å². The normalized spacial score (nSPS) is 12.3. The molecule has 0 unspecified atom stereocenters. The lowest BCUT2D eigenvalue weighted by Gasteiger charge is -2.12. The summed E-state index contributed by atoms with van der Waals surface area (Å²) in [7, 11) is 1.56. The molecule has 0 atom stereocenters. The zero-order valence-electron chi connectivity index (χ0n) is 16.0. The largest absolute Gasteiger partial charge is 0.497 e. The molecule has 154 valence electrons. The summed E-state index contributed by atoms with van der Waals surface area (Å²) in [5, 5.41) is 18.4. The number of anilines is 1. The first-order valence-electron chi connectivity index (χ1n) is 9.05. The molecular weight excluding hydrogens is 408 g/mol. The van der Waals surface area contributed by atoms with E-state index in [0.29, 0.717) is 23.0 Å². The Balaban J connectivity index is 1.53. The molecule has 9 nitrogen and oxygen atoms in total. The highest BCUT2D eigenvalue weighted by Gasteiger charge is 2.25. The van der Waals surface area contributed by atoms with Crippen LogP contribution in [0.2, 0.25) is 0 Å². The summed E-state index contributed by atoms with van der Waals surface area (Å²) in [6.45, 7) is -0.180. The van der Waals surface area contributed by atoms with Gasteiger partial charge in [-0.3, -0.25) is 14.9 Å². The molecule has 1 N–H and O–H groups in total. The van der Waals surface area contributed by atoms with Crippen molar-refractivity contribution in [2.45, 2.75) is 11.5 Å². The molecule has 1 aliphatic heterocycles. The van der Waals surface area contributed by atoms with Gasteiger partial charge >= 0.3 is 0 Å².